The minimum Gasteiger partial charge on any atom is -0.501 e. The van der Waals surface area contributed by atoms with E-state index < -0.39 is 0 Å². The normalized spacial score (nSPS) is 11.2. The highest BCUT2D eigenvalue weighted by molar-refractivity contribution is 5.82. The van der Waals surface area contributed by atoms with Gasteiger partial charge in [-0.05, 0) is 37.1 Å². The van der Waals surface area contributed by atoms with Gasteiger partial charge in [0.1, 0.15) is 6.33 Å². The van der Waals surface area contributed by atoms with Crippen molar-refractivity contribution in [1.82, 2.24) is 9.97 Å². The predicted molar refractivity (Wildman–Crippen MR) is 74.2 cm³/mol. The molecule has 3 nitrogen and oxygen atoms in total. The summed E-state index contributed by atoms with van der Waals surface area (Å²) >= 11 is 0. The fourth-order valence-corrected chi connectivity index (χ4v) is 1.73. The fraction of sp³-hybridized carbons (Fsp3) is 0.333. The Morgan fingerprint density at radius 1 is 1.28 bits per heavy atom. The number of nitrogens with zero attached hydrogens (tertiary/aromatic N) is 2. The standard InChI is InChI=1S/C15H18N2O/c1-3-4-8-18-9-7-13-5-6-15-14(10-13)12(2)16-11-17-15/h5-7,9-11H,3-4,8H2,1-2H3/b9-7+. The van der Waals surface area contributed by atoms with E-state index in [1.54, 1.807) is 12.6 Å². The van der Waals surface area contributed by atoms with Crippen molar-refractivity contribution in [2.75, 3.05) is 6.61 Å². The van der Waals surface area contributed by atoms with Gasteiger partial charge in [0.05, 0.1) is 18.4 Å². The smallest absolute Gasteiger partial charge is 0.116 e. The lowest BCUT2D eigenvalue weighted by Gasteiger charge is -2.02. The lowest BCUT2D eigenvalue weighted by Crippen LogP contribution is -1.88. The van der Waals surface area contributed by atoms with Gasteiger partial charge in [0, 0.05) is 11.1 Å². The molecule has 0 N–H and O–H groups in total. The lowest BCUT2D eigenvalue weighted by molar-refractivity contribution is 0.246. The second kappa shape index (κ2) is 6.15. The van der Waals surface area contributed by atoms with Gasteiger partial charge >= 0.3 is 0 Å². The van der Waals surface area contributed by atoms with E-state index in [2.05, 4.69) is 23.0 Å². The summed E-state index contributed by atoms with van der Waals surface area (Å²) in [4.78, 5) is 8.44. The molecule has 0 aliphatic heterocycles. The first-order valence-electron chi connectivity index (χ1n) is 6.31. The largest absolute Gasteiger partial charge is 0.501 e. The molecule has 0 amide bonds. The quantitative estimate of drug-likeness (QED) is 0.592. The van der Waals surface area contributed by atoms with Crippen molar-refractivity contribution in [3.8, 4) is 0 Å². The zero-order chi connectivity index (χ0) is 12.8. The number of unbranched alkanes of at least 4 members (excludes halogenated alkanes) is 1. The highest BCUT2D eigenvalue weighted by Gasteiger charge is 1.99. The van der Waals surface area contributed by atoms with Crippen molar-refractivity contribution >= 4 is 17.0 Å². The predicted octanol–water partition coefficient (Wildman–Crippen LogP) is 3.73. The molecule has 3 heteroatoms. The average Bonchev–Trinajstić information content (AvgIpc) is 2.39. The number of hydrogen-bond donors (Lipinski definition) is 0. The third-order valence-electron chi connectivity index (χ3n) is 2.83. The molecule has 0 saturated heterocycles. The summed E-state index contributed by atoms with van der Waals surface area (Å²) in [6.07, 6.45) is 7.58. The van der Waals surface area contributed by atoms with Crippen LogP contribution in [0.5, 0.6) is 0 Å². The van der Waals surface area contributed by atoms with Crippen LogP contribution in [-0.4, -0.2) is 16.6 Å². The average molecular weight is 242 g/mol. The van der Waals surface area contributed by atoms with Gasteiger partial charge in [-0.25, -0.2) is 9.97 Å². The van der Waals surface area contributed by atoms with Gasteiger partial charge < -0.3 is 4.74 Å². The van der Waals surface area contributed by atoms with E-state index in [0.29, 0.717) is 0 Å². The third-order valence-corrected chi connectivity index (χ3v) is 2.83. The van der Waals surface area contributed by atoms with E-state index >= 15 is 0 Å². The second-order valence-electron chi connectivity index (χ2n) is 4.26. The Bertz CT molecular complexity index is 549. The summed E-state index contributed by atoms with van der Waals surface area (Å²) in [5, 5.41) is 1.09. The maximum absolute atomic E-state index is 5.41. The highest BCUT2D eigenvalue weighted by atomic mass is 16.5. The van der Waals surface area contributed by atoms with Crippen LogP contribution in [0.1, 0.15) is 31.0 Å². The molecule has 0 unspecified atom stereocenters. The lowest BCUT2D eigenvalue weighted by atomic mass is 10.1. The maximum Gasteiger partial charge on any atom is 0.116 e. The molecule has 18 heavy (non-hydrogen) atoms. The van der Waals surface area contributed by atoms with Crippen LogP contribution in [0.2, 0.25) is 0 Å². The Balaban J connectivity index is 2.12. The molecule has 0 fully saturated rings. The van der Waals surface area contributed by atoms with Crippen LogP contribution in [0.3, 0.4) is 0 Å². The SMILES string of the molecule is CCCCO/C=C/c1ccc2ncnc(C)c2c1. The first kappa shape index (κ1) is 12.6. The molecule has 2 aromatic rings. The van der Waals surface area contributed by atoms with Crippen molar-refractivity contribution < 1.29 is 4.74 Å². The Morgan fingerprint density at radius 3 is 3.00 bits per heavy atom. The van der Waals surface area contributed by atoms with Crippen molar-refractivity contribution in [2.24, 2.45) is 0 Å². The van der Waals surface area contributed by atoms with Crippen LogP contribution in [0, 0.1) is 6.92 Å². The number of hydrogen-bond acceptors (Lipinski definition) is 3. The second-order valence-corrected chi connectivity index (χ2v) is 4.26. The minimum absolute atomic E-state index is 0.780. The van der Waals surface area contributed by atoms with Crippen LogP contribution in [0.4, 0.5) is 0 Å². The summed E-state index contributed by atoms with van der Waals surface area (Å²) in [5.74, 6) is 0. The van der Waals surface area contributed by atoms with Gasteiger partial charge in [0.2, 0.25) is 0 Å². The number of fused-ring (bicyclic) bond motifs is 1. The summed E-state index contributed by atoms with van der Waals surface area (Å²) in [7, 11) is 0. The van der Waals surface area contributed by atoms with E-state index in [9.17, 15) is 0 Å². The van der Waals surface area contributed by atoms with Gasteiger partial charge in [-0.2, -0.15) is 0 Å². The van der Waals surface area contributed by atoms with Gasteiger partial charge in [0.15, 0.2) is 0 Å². The summed E-state index contributed by atoms with van der Waals surface area (Å²) in [6.45, 7) is 4.93. The first-order valence-corrected chi connectivity index (χ1v) is 6.31. The molecule has 0 radical (unpaired) electrons. The van der Waals surface area contributed by atoms with Crippen molar-refractivity contribution in [1.29, 1.82) is 0 Å². The molecular formula is C15H18N2O. The Hall–Kier alpha value is -1.90. The van der Waals surface area contributed by atoms with Gasteiger partial charge in [-0.3, -0.25) is 0 Å². The Kier molecular flexibility index (Phi) is 4.29. The fourth-order valence-electron chi connectivity index (χ4n) is 1.73. The van der Waals surface area contributed by atoms with Gasteiger partial charge in [-0.1, -0.05) is 19.4 Å². The molecule has 0 saturated carbocycles. The van der Waals surface area contributed by atoms with Crippen LogP contribution in [-0.2, 0) is 4.74 Å². The summed E-state index contributed by atoms with van der Waals surface area (Å²) < 4.78 is 5.41. The third kappa shape index (κ3) is 3.06. The Morgan fingerprint density at radius 2 is 2.17 bits per heavy atom. The number of ether oxygens (including phenoxy) is 1. The highest BCUT2D eigenvalue weighted by Crippen LogP contribution is 2.16. The van der Waals surface area contributed by atoms with E-state index in [1.165, 1.54) is 0 Å². The molecule has 2 rings (SSSR count). The first-order chi connectivity index (χ1) is 8.81. The molecular weight excluding hydrogens is 224 g/mol. The maximum atomic E-state index is 5.41. The Labute approximate surface area is 108 Å². The van der Waals surface area contributed by atoms with E-state index in [1.807, 2.05) is 25.1 Å². The number of benzene rings is 1. The van der Waals surface area contributed by atoms with Crippen molar-refractivity contribution in [2.45, 2.75) is 26.7 Å². The number of aryl methyl sites for hydroxylation is 1. The molecule has 1 heterocycles. The number of rotatable bonds is 5. The van der Waals surface area contributed by atoms with Gasteiger partial charge in [0.25, 0.3) is 0 Å². The molecule has 1 aromatic carbocycles. The summed E-state index contributed by atoms with van der Waals surface area (Å²) in [6, 6.07) is 6.13. The molecule has 0 bridgehead atoms. The molecule has 0 aliphatic carbocycles. The molecule has 0 spiro atoms. The van der Waals surface area contributed by atoms with Crippen LogP contribution in [0.25, 0.3) is 17.0 Å². The van der Waals surface area contributed by atoms with E-state index in [4.69, 9.17) is 4.74 Å². The van der Waals surface area contributed by atoms with E-state index in [0.717, 1.165) is 41.6 Å². The van der Waals surface area contributed by atoms with E-state index in [-0.39, 0.29) is 0 Å². The minimum atomic E-state index is 0.780. The van der Waals surface area contributed by atoms with Crippen molar-refractivity contribution in [3.05, 3.63) is 42.0 Å². The molecule has 0 atom stereocenters. The molecule has 94 valence electrons. The number of aromatic nitrogens is 2. The zero-order valence-corrected chi connectivity index (χ0v) is 10.9. The topological polar surface area (TPSA) is 35.0 Å². The summed E-state index contributed by atoms with van der Waals surface area (Å²) in [5.41, 5.74) is 3.09. The van der Waals surface area contributed by atoms with Crippen molar-refractivity contribution in [3.63, 3.8) is 0 Å². The van der Waals surface area contributed by atoms with Gasteiger partial charge in [-0.15, -0.1) is 0 Å². The molecule has 1 aromatic heterocycles. The van der Waals surface area contributed by atoms with Crippen LogP contribution < -0.4 is 0 Å². The van der Waals surface area contributed by atoms with Crippen LogP contribution >= 0.6 is 0 Å². The monoisotopic (exact) mass is 242 g/mol. The van der Waals surface area contributed by atoms with Crippen LogP contribution in [0.15, 0.2) is 30.8 Å². The molecule has 0 aliphatic rings. The zero-order valence-electron chi connectivity index (χ0n) is 10.9.